The van der Waals surface area contributed by atoms with E-state index in [0.717, 1.165) is 18.8 Å². The fourth-order valence-electron chi connectivity index (χ4n) is 0.850. The van der Waals surface area contributed by atoms with E-state index in [9.17, 15) is 0 Å². The van der Waals surface area contributed by atoms with E-state index in [2.05, 4.69) is 19.8 Å². The minimum absolute atomic E-state index is 0.706. The molecule has 0 spiro atoms. The zero-order valence-corrected chi connectivity index (χ0v) is 8.02. The van der Waals surface area contributed by atoms with E-state index in [-0.39, 0.29) is 0 Å². The highest BCUT2D eigenvalue weighted by molar-refractivity contribution is 7.09. The molecule has 1 aromatic rings. The van der Waals surface area contributed by atoms with E-state index in [1.54, 1.807) is 6.20 Å². The number of nitrogens with one attached hydrogen (secondary N) is 1. The Bertz CT molecular complexity index is 205. The summed E-state index contributed by atoms with van der Waals surface area (Å²) in [4.78, 5) is 4.17. The van der Waals surface area contributed by atoms with Crippen LogP contribution >= 0.6 is 9.47 Å². The molecule has 12 heavy (non-hydrogen) atoms. The van der Waals surface area contributed by atoms with Crippen LogP contribution in [0, 0.1) is 0 Å². The molecule has 1 N–H and O–H groups in total. The van der Waals surface area contributed by atoms with Gasteiger partial charge in [0.25, 0.3) is 0 Å². The van der Waals surface area contributed by atoms with Crippen LogP contribution in [0.1, 0.15) is 5.69 Å². The molecule has 4 heteroatoms. The summed E-state index contributed by atoms with van der Waals surface area (Å²) in [6.45, 7) is 2.35. The molecule has 1 aromatic heterocycles. The number of hydrogen-bond acceptors (Lipinski definition) is 3. The quantitative estimate of drug-likeness (QED) is 0.547. The molecule has 0 aliphatic rings. The van der Waals surface area contributed by atoms with E-state index in [1.807, 2.05) is 18.2 Å². The first-order valence-electron chi connectivity index (χ1n) is 3.86. The highest BCUT2D eigenvalue weighted by atomic mass is 31.0. The summed E-state index contributed by atoms with van der Waals surface area (Å²) >= 11 is 0. The van der Waals surface area contributed by atoms with Gasteiger partial charge in [-0.05, 0) is 12.1 Å². The van der Waals surface area contributed by atoms with E-state index < -0.39 is 0 Å². The van der Waals surface area contributed by atoms with Gasteiger partial charge in [-0.1, -0.05) is 6.07 Å². The van der Waals surface area contributed by atoms with Gasteiger partial charge in [0.15, 0.2) is 0 Å². The predicted octanol–water partition coefficient (Wildman–Crippen LogP) is 0.978. The third kappa shape index (κ3) is 3.77. The molecule has 0 saturated carbocycles. The summed E-state index contributed by atoms with van der Waals surface area (Å²) in [6.07, 6.45) is 1.79. The van der Waals surface area contributed by atoms with Crippen molar-refractivity contribution in [2.24, 2.45) is 0 Å². The second-order valence-corrected chi connectivity index (χ2v) is 2.70. The lowest BCUT2D eigenvalue weighted by Gasteiger charge is -2.02. The molecule has 0 saturated heterocycles. The first-order valence-corrected chi connectivity index (χ1v) is 4.33. The van der Waals surface area contributed by atoms with Crippen molar-refractivity contribution >= 4 is 9.47 Å². The predicted molar refractivity (Wildman–Crippen MR) is 51.6 cm³/mol. The SMILES string of the molecule is POCCNCc1ccccn1. The Kier molecular flexibility index (Phi) is 4.85. The summed E-state index contributed by atoms with van der Waals surface area (Å²) in [6, 6.07) is 5.89. The molecule has 0 aliphatic heterocycles. The summed E-state index contributed by atoms with van der Waals surface area (Å²) < 4.78 is 4.81. The Morgan fingerprint density at radius 3 is 3.08 bits per heavy atom. The standard InChI is InChI=1S/C8H13N2OP/c12-11-6-5-9-7-8-3-1-2-4-10-8/h1-4,9H,5-7,12H2. The third-order valence-corrected chi connectivity index (χ3v) is 1.66. The molecule has 0 fully saturated rings. The number of nitrogens with zero attached hydrogens (tertiary/aromatic N) is 1. The Balaban J connectivity index is 2.16. The Morgan fingerprint density at radius 2 is 2.42 bits per heavy atom. The zero-order chi connectivity index (χ0) is 8.65. The molecule has 0 radical (unpaired) electrons. The number of hydrogen-bond donors (Lipinski definition) is 1. The van der Waals surface area contributed by atoms with Crippen LogP contribution in [-0.4, -0.2) is 18.1 Å². The van der Waals surface area contributed by atoms with Crippen LogP contribution in [-0.2, 0) is 11.1 Å². The molecule has 66 valence electrons. The second kappa shape index (κ2) is 6.06. The van der Waals surface area contributed by atoms with Gasteiger partial charge in [0.1, 0.15) is 0 Å². The van der Waals surface area contributed by atoms with Crippen molar-refractivity contribution in [3.8, 4) is 0 Å². The van der Waals surface area contributed by atoms with Crippen molar-refractivity contribution in [3.63, 3.8) is 0 Å². The van der Waals surface area contributed by atoms with Crippen molar-refractivity contribution < 1.29 is 4.52 Å². The molecule has 0 bridgehead atoms. The Hall–Kier alpha value is -0.500. The van der Waals surface area contributed by atoms with Crippen LogP contribution in [0.5, 0.6) is 0 Å². The minimum atomic E-state index is 0.706. The van der Waals surface area contributed by atoms with Gasteiger partial charge in [0.05, 0.1) is 12.3 Å². The fourth-order valence-corrected chi connectivity index (χ4v) is 0.968. The molecule has 1 unspecified atom stereocenters. The van der Waals surface area contributed by atoms with Gasteiger partial charge in [0.2, 0.25) is 0 Å². The minimum Gasteiger partial charge on any atom is -0.364 e. The van der Waals surface area contributed by atoms with Crippen LogP contribution in [0.3, 0.4) is 0 Å². The average Bonchev–Trinajstić information content (AvgIpc) is 2.14. The van der Waals surface area contributed by atoms with E-state index in [4.69, 9.17) is 4.52 Å². The molecule has 1 rings (SSSR count). The largest absolute Gasteiger partial charge is 0.364 e. The van der Waals surface area contributed by atoms with Gasteiger partial charge in [-0.25, -0.2) is 0 Å². The van der Waals surface area contributed by atoms with Gasteiger partial charge in [-0.3, -0.25) is 4.98 Å². The van der Waals surface area contributed by atoms with Gasteiger partial charge in [-0.2, -0.15) is 0 Å². The fraction of sp³-hybridized carbons (Fsp3) is 0.375. The summed E-state index contributed by atoms with van der Waals surface area (Å²) in [5, 5.41) is 3.20. The van der Waals surface area contributed by atoms with Crippen LogP contribution in [0.25, 0.3) is 0 Å². The first-order chi connectivity index (χ1) is 5.93. The maximum atomic E-state index is 4.81. The third-order valence-electron chi connectivity index (χ3n) is 1.43. The van der Waals surface area contributed by atoms with E-state index in [0.29, 0.717) is 6.61 Å². The van der Waals surface area contributed by atoms with E-state index >= 15 is 0 Å². The second-order valence-electron chi connectivity index (χ2n) is 2.37. The molecular weight excluding hydrogens is 171 g/mol. The molecule has 0 aromatic carbocycles. The number of aromatic nitrogens is 1. The normalized spacial score (nSPS) is 10.1. The lowest BCUT2D eigenvalue weighted by atomic mass is 10.3. The maximum Gasteiger partial charge on any atom is 0.0626 e. The smallest absolute Gasteiger partial charge is 0.0626 e. The highest BCUT2D eigenvalue weighted by Crippen LogP contribution is 1.91. The van der Waals surface area contributed by atoms with Gasteiger partial charge in [0, 0.05) is 28.8 Å². The maximum absolute atomic E-state index is 4.81. The zero-order valence-electron chi connectivity index (χ0n) is 6.86. The summed E-state index contributed by atoms with van der Waals surface area (Å²) in [5.41, 5.74) is 1.06. The first kappa shape index (κ1) is 9.59. The lowest BCUT2D eigenvalue weighted by molar-refractivity contribution is 0.363. The van der Waals surface area contributed by atoms with Crippen LogP contribution < -0.4 is 5.32 Å². The van der Waals surface area contributed by atoms with Crippen LogP contribution in [0.4, 0.5) is 0 Å². The Morgan fingerprint density at radius 1 is 1.50 bits per heavy atom. The van der Waals surface area contributed by atoms with Gasteiger partial charge < -0.3 is 9.84 Å². The van der Waals surface area contributed by atoms with Crippen molar-refractivity contribution in [1.82, 2.24) is 10.3 Å². The highest BCUT2D eigenvalue weighted by Gasteiger charge is 1.90. The number of pyridine rings is 1. The molecule has 1 atom stereocenters. The van der Waals surface area contributed by atoms with Gasteiger partial charge in [-0.15, -0.1) is 0 Å². The van der Waals surface area contributed by atoms with Crippen molar-refractivity contribution in [2.45, 2.75) is 6.54 Å². The number of rotatable bonds is 5. The lowest BCUT2D eigenvalue weighted by Crippen LogP contribution is -2.18. The van der Waals surface area contributed by atoms with Crippen LogP contribution in [0.2, 0.25) is 0 Å². The summed E-state index contributed by atoms with van der Waals surface area (Å²) in [5.74, 6) is 0. The molecule has 0 aliphatic carbocycles. The van der Waals surface area contributed by atoms with E-state index in [1.165, 1.54) is 0 Å². The monoisotopic (exact) mass is 184 g/mol. The molecule has 0 amide bonds. The van der Waals surface area contributed by atoms with Crippen molar-refractivity contribution in [3.05, 3.63) is 30.1 Å². The van der Waals surface area contributed by atoms with Gasteiger partial charge >= 0.3 is 0 Å². The summed E-state index contributed by atoms with van der Waals surface area (Å²) in [7, 11) is 2.22. The molecule has 3 nitrogen and oxygen atoms in total. The topological polar surface area (TPSA) is 34.1 Å². The average molecular weight is 184 g/mol. The molecular formula is C8H13N2OP. The van der Waals surface area contributed by atoms with Crippen molar-refractivity contribution in [1.29, 1.82) is 0 Å². The van der Waals surface area contributed by atoms with Crippen LogP contribution in [0.15, 0.2) is 24.4 Å². The van der Waals surface area contributed by atoms with Crippen molar-refractivity contribution in [2.75, 3.05) is 13.2 Å². The molecule has 1 heterocycles. The Labute approximate surface area is 74.8 Å².